The van der Waals surface area contributed by atoms with E-state index in [9.17, 15) is 0 Å². The SMILES string of the molecule is CCCCCCCCC(N)C1CCC(C)C(C)C1. The fourth-order valence-corrected chi connectivity index (χ4v) is 3.37. The Labute approximate surface area is 115 Å². The largest absolute Gasteiger partial charge is 0.327 e. The van der Waals surface area contributed by atoms with Gasteiger partial charge in [-0.1, -0.05) is 65.7 Å². The topological polar surface area (TPSA) is 26.0 Å². The van der Waals surface area contributed by atoms with Crippen molar-refractivity contribution in [2.24, 2.45) is 23.5 Å². The highest BCUT2D eigenvalue weighted by atomic mass is 14.7. The predicted octanol–water partition coefficient (Wildman–Crippen LogP) is 5.14. The van der Waals surface area contributed by atoms with Gasteiger partial charge in [0.05, 0.1) is 0 Å². The summed E-state index contributed by atoms with van der Waals surface area (Å²) >= 11 is 0. The van der Waals surface area contributed by atoms with E-state index in [4.69, 9.17) is 5.73 Å². The Morgan fingerprint density at radius 3 is 2.28 bits per heavy atom. The van der Waals surface area contributed by atoms with Gasteiger partial charge in [0.15, 0.2) is 0 Å². The minimum absolute atomic E-state index is 0.478. The number of nitrogens with two attached hydrogens (primary N) is 1. The molecule has 1 saturated carbocycles. The Morgan fingerprint density at radius 1 is 0.944 bits per heavy atom. The molecule has 1 aliphatic rings. The molecule has 0 aromatic carbocycles. The summed E-state index contributed by atoms with van der Waals surface area (Å²) in [7, 11) is 0. The second-order valence-electron chi connectivity index (χ2n) is 6.75. The van der Waals surface area contributed by atoms with Crippen LogP contribution in [0.3, 0.4) is 0 Å². The van der Waals surface area contributed by atoms with Gasteiger partial charge in [-0.25, -0.2) is 0 Å². The van der Waals surface area contributed by atoms with Crippen LogP contribution in [0.5, 0.6) is 0 Å². The zero-order valence-corrected chi connectivity index (χ0v) is 13.0. The van der Waals surface area contributed by atoms with Crippen molar-refractivity contribution in [3.8, 4) is 0 Å². The van der Waals surface area contributed by atoms with Crippen LogP contribution in [-0.2, 0) is 0 Å². The van der Waals surface area contributed by atoms with E-state index in [0.29, 0.717) is 6.04 Å². The molecule has 108 valence electrons. The second-order valence-corrected chi connectivity index (χ2v) is 6.75. The van der Waals surface area contributed by atoms with E-state index in [1.165, 1.54) is 64.2 Å². The van der Waals surface area contributed by atoms with E-state index in [2.05, 4.69) is 20.8 Å². The summed E-state index contributed by atoms with van der Waals surface area (Å²) < 4.78 is 0. The summed E-state index contributed by atoms with van der Waals surface area (Å²) in [5.74, 6) is 2.62. The van der Waals surface area contributed by atoms with Crippen LogP contribution in [0.1, 0.15) is 85.0 Å². The lowest BCUT2D eigenvalue weighted by molar-refractivity contribution is 0.180. The molecule has 0 saturated heterocycles. The maximum Gasteiger partial charge on any atom is 0.00672 e. The van der Waals surface area contributed by atoms with Gasteiger partial charge in [0.2, 0.25) is 0 Å². The Kier molecular flexibility index (Phi) is 7.97. The highest BCUT2D eigenvalue weighted by molar-refractivity contribution is 4.81. The lowest BCUT2D eigenvalue weighted by atomic mass is 9.72. The van der Waals surface area contributed by atoms with Gasteiger partial charge in [-0.2, -0.15) is 0 Å². The summed E-state index contributed by atoms with van der Waals surface area (Å²) in [5.41, 5.74) is 6.40. The van der Waals surface area contributed by atoms with Gasteiger partial charge in [0.1, 0.15) is 0 Å². The van der Waals surface area contributed by atoms with E-state index in [1.54, 1.807) is 0 Å². The highest BCUT2D eigenvalue weighted by Gasteiger charge is 2.27. The third-order valence-corrected chi connectivity index (χ3v) is 5.14. The summed E-state index contributed by atoms with van der Waals surface area (Å²) in [6.45, 7) is 7.09. The average molecular weight is 253 g/mol. The minimum atomic E-state index is 0.478. The zero-order chi connectivity index (χ0) is 13.4. The van der Waals surface area contributed by atoms with Gasteiger partial charge in [-0.15, -0.1) is 0 Å². The molecule has 0 spiro atoms. The molecule has 4 unspecified atom stereocenters. The molecule has 0 aromatic heterocycles. The minimum Gasteiger partial charge on any atom is -0.327 e. The number of rotatable bonds is 8. The molecule has 0 amide bonds. The maximum absolute atomic E-state index is 6.40. The van der Waals surface area contributed by atoms with Crippen LogP contribution in [0.25, 0.3) is 0 Å². The molecule has 1 aliphatic carbocycles. The first-order chi connectivity index (χ1) is 8.65. The molecule has 1 fully saturated rings. The molecule has 0 radical (unpaired) electrons. The van der Waals surface area contributed by atoms with Crippen molar-refractivity contribution < 1.29 is 0 Å². The average Bonchev–Trinajstić information content (AvgIpc) is 2.36. The molecular weight excluding hydrogens is 218 g/mol. The van der Waals surface area contributed by atoms with Crippen molar-refractivity contribution >= 4 is 0 Å². The fraction of sp³-hybridized carbons (Fsp3) is 1.00. The molecule has 0 aliphatic heterocycles. The lowest BCUT2D eigenvalue weighted by Crippen LogP contribution is -2.35. The van der Waals surface area contributed by atoms with Gasteiger partial charge in [-0.3, -0.25) is 0 Å². The van der Waals surface area contributed by atoms with Crippen molar-refractivity contribution in [2.45, 2.75) is 91.0 Å². The molecule has 0 bridgehead atoms. The molecule has 2 N–H and O–H groups in total. The zero-order valence-electron chi connectivity index (χ0n) is 13.0. The van der Waals surface area contributed by atoms with Gasteiger partial charge in [-0.05, 0) is 37.0 Å². The summed E-state index contributed by atoms with van der Waals surface area (Å²) in [4.78, 5) is 0. The third-order valence-electron chi connectivity index (χ3n) is 5.14. The first kappa shape index (κ1) is 16.0. The van der Waals surface area contributed by atoms with E-state index in [1.807, 2.05) is 0 Å². The summed E-state index contributed by atoms with van der Waals surface area (Å²) in [6, 6.07) is 0.478. The molecular formula is C17H35N. The molecule has 1 nitrogen and oxygen atoms in total. The normalized spacial score (nSPS) is 30.3. The van der Waals surface area contributed by atoms with Crippen LogP contribution >= 0.6 is 0 Å². The van der Waals surface area contributed by atoms with E-state index < -0.39 is 0 Å². The molecule has 18 heavy (non-hydrogen) atoms. The van der Waals surface area contributed by atoms with Crippen molar-refractivity contribution in [3.05, 3.63) is 0 Å². The van der Waals surface area contributed by atoms with Crippen LogP contribution < -0.4 is 5.73 Å². The number of hydrogen-bond acceptors (Lipinski definition) is 1. The van der Waals surface area contributed by atoms with Crippen molar-refractivity contribution in [2.75, 3.05) is 0 Å². The molecule has 0 heterocycles. The van der Waals surface area contributed by atoms with Gasteiger partial charge < -0.3 is 5.73 Å². The lowest BCUT2D eigenvalue weighted by Gasteiger charge is -2.35. The Bertz CT molecular complexity index is 202. The quantitative estimate of drug-likeness (QED) is 0.596. The van der Waals surface area contributed by atoms with Crippen LogP contribution in [-0.4, -0.2) is 6.04 Å². The van der Waals surface area contributed by atoms with Crippen LogP contribution in [0.15, 0.2) is 0 Å². The maximum atomic E-state index is 6.40. The third kappa shape index (κ3) is 5.73. The number of hydrogen-bond donors (Lipinski definition) is 1. The van der Waals surface area contributed by atoms with Crippen LogP contribution in [0, 0.1) is 17.8 Å². The molecule has 1 heteroatoms. The Morgan fingerprint density at radius 2 is 1.61 bits per heavy atom. The Balaban J connectivity index is 2.07. The second kappa shape index (κ2) is 8.96. The van der Waals surface area contributed by atoms with Crippen molar-refractivity contribution in [1.82, 2.24) is 0 Å². The summed E-state index contributed by atoms with van der Waals surface area (Å²) in [5, 5.41) is 0. The predicted molar refractivity (Wildman–Crippen MR) is 81.6 cm³/mol. The smallest absolute Gasteiger partial charge is 0.00672 e. The molecule has 1 rings (SSSR count). The van der Waals surface area contributed by atoms with Gasteiger partial charge in [0, 0.05) is 6.04 Å². The van der Waals surface area contributed by atoms with E-state index in [-0.39, 0.29) is 0 Å². The van der Waals surface area contributed by atoms with Crippen molar-refractivity contribution in [1.29, 1.82) is 0 Å². The van der Waals surface area contributed by atoms with Crippen molar-refractivity contribution in [3.63, 3.8) is 0 Å². The van der Waals surface area contributed by atoms with Gasteiger partial charge in [0.25, 0.3) is 0 Å². The van der Waals surface area contributed by atoms with E-state index >= 15 is 0 Å². The first-order valence-electron chi connectivity index (χ1n) is 8.40. The van der Waals surface area contributed by atoms with Crippen LogP contribution in [0.4, 0.5) is 0 Å². The number of unbranched alkanes of at least 4 members (excludes halogenated alkanes) is 5. The van der Waals surface area contributed by atoms with Crippen LogP contribution in [0.2, 0.25) is 0 Å². The highest BCUT2D eigenvalue weighted by Crippen LogP contribution is 2.35. The summed E-state index contributed by atoms with van der Waals surface area (Å²) in [6.07, 6.45) is 13.7. The standard InChI is InChI=1S/C17H35N/c1-4-5-6-7-8-9-10-17(18)16-12-11-14(2)15(3)13-16/h14-17H,4-13,18H2,1-3H3. The monoisotopic (exact) mass is 253 g/mol. The fourth-order valence-electron chi connectivity index (χ4n) is 3.37. The molecule has 0 aromatic rings. The van der Waals surface area contributed by atoms with Gasteiger partial charge >= 0.3 is 0 Å². The van der Waals surface area contributed by atoms with E-state index in [0.717, 1.165) is 17.8 Å². The molecule has 4 atom stereocenters. The Hall–Kier alpha value is -0.0400. The first-order valence-corrected chi connectivity index (χ1v) is 8.40.